The molecule has 2 N–H and O–H groups in total. The van der Waals surface area contributed by atoms with Gasteiger partial charge in [-0.1, -0.05) is 30.3 Å². The molecule has 1 aliphatic heterocycles. The van der Waals surface area contributed by atoms with E-state index in [1.165, 1.54) is 17.7 Å². The van der Waals surface area contributed by atoms with Crippen molar-refractivity contribution in [3.05, 3.63) is 71.7 Å². The van der Waals surface area contributed by atoms with Gasteiger partial charge in [0.1, 0.15) is 5.82 Å². The SMILES string of the molecule is OC(CN1CCC(Cc2ccccc2)CC1)c1c[nH]c2ccc(F)cc12. The lowest BCUT2D eigenvalue weighted by atomic mass is 9.90. The molecule has 1 aliphatic rings. The van der Waals surface area contributed by atoms with Crippen molar-refractivity contribution in [3.8, 4) is 0 Å². The Morgan fingerprint density at radius 1 is 1.12 bits per heavy atom. The number of benzene rings is 2. The van der Waals surface area contributed by atoms with Crippen LogP contribution in [0.3, 0.4) is 0 Å². The summed E-state index contributed by atoms with van der Waals surface area (Å²) in [6.07, 6.45) is 4.65. The second-order valence-corrected chi connectivity index (χ2v) is 7.38. The number of β-amino-alcohol motifs (C(OH)–C–C–N with tert-alkyl or cyclic N) is 1. The Morgan fingerprint density at radius 3 is 2.65 bits per heavy atom. The molecular formula is C22H25FN2O. The van der Waals surface area contributed by atoms with Gasteiger partial charge in [-0.2, -0.15) is 0 Å². The monoisotopic (exact) mass is 352 g/mol. The van der Waals surface area contributed by atoms with E-state index in [9.17, 15) is 9.50 Å². The number of aromatic amines is 1. The molecule has 26 heavy (non-hydrogen) atoms. The average Bonchev–Trinajstić information content (AvgIpc) is 3.07. The Bertz CT molecular complexity index is 853. The number of nitrogens with one attached hydrogen (secondary N) is 1. The van der Waals surface area contributed by atoms with Crippen LogP contribution in [0.1, 0.15) is 30.1 Å². The van der Waals surface area contributed by atoms with Crippen LogP contribution in [0.25, 0.3) is 10.9 Å². The second kappa shape index (κ2) is 7.60. The summed E-state index contributed by atoms with van der Waals surface area (Å²) >= 11 is 0. The fourth-order valence-electron chi connectivity index (χ4n) is 4.05. The van der Waals surface area contributed by atoms with Gasteiger partial charge in [0.05, 0.1) is 6.10 Å². The first-order valence-electron chi connectivity index (χ1n) is 9.40. The van der Waals surface area contributed by atoms with Gasteiger partial charge in [-0.3, -0.25) is 0 Å². The van der Waals surface area contributed by atoms with E-state index < -0.39 is 6.10 Å². The number of H-pyrrole nitrogens is 1. The van der Waals surface area contributed by atoms with E-state index in [-0.39, 0.29) is 5.82 Å². The molecule has 0 amide bonds. The van der Waals surface area contributed by atoms with E-state index in [2.05, 4.69) is 40.2 Å². The number of piperidine rings is 1. The summed E-state index contributed by atoms with van der Waals surface area (Å²) < 4.78 is 13.5. The first-order valence-corrected chi connectivity index (χ1v) is 9.40. The zero-order chi connectivity index (χ0) is 17.9. The Labute approximate surface area is 153 Å². The quantitative estimate of drug-likeness (QED) is 0.719. The molecule has 0 bridgehead atoms. The van der Waals surface area contributed by atoms with Crippen molar-refractivity contribution in [2.45, 2.75) is 25.4 Å². The predicted molar refractivity (Wildman–Crippen MR) is 103 cm³/mol. The lowest BCUT2D eigenvalue weighted by Gasteiger charge is -2.33. The van der Waals surface area contributed by atoms with Gasteiger partial charge in [0, 0.05) is 29.2 Å². The Hall–Kier alpha value is -2.17. The zero-order valence-electron chi connectivity index (χ0n) is 14.9. The molecule has 1 atom stereocenters. The third-order valence-corrected chi connectivity index (χ3v) is 5.54. The number of fused-ring (bicyclic) bond motifs is 1. The fraction of sp³-hybridized carbons (Fsp3) is 0.364. The number of nitrogens with zero attached hydrogens (tertiary/aromatic N) is 1. The van der Waals surface area contributed by atoms with E-state index in [0.29, 0.717) is 12.5 Å². The van der Waals surface area contributed by atoms with Crippen molar-refractivity contribution in [2.75, 3.05) is 19.6 Å². The summed E-state index contributed by atoms with van der Waals surface area (Å²) in [5.41, 5.74) is 3.06. The van der Waals surface area contributed by atoms with Gasteiger partial charge < -0.3 is 15.0 Å². The van der Waals surface area contributed by atoms with E-state index >= 15 is 0 Å². The van der Waals surface area contributed by atoms with Gasteiger partial charge >= 0.3 is 0 Å². The minimum atomic E-state index is -0.601. The maximum Gasteiger partial charge on any atom is 0.123 e. The summed E-state index contributed by atoms with van der Waals surface area (Å²) in [4.78, 5) is 5.45. The van der Waals surface area contributed by atoms with Gasteiger partial charge in [-0.15, -0.1) is 0 Å². The first-order chi connectivity index (χ1) is 12.7. The largest absolute Gasteiger partial charge is 0.387 e. The van der Waals surface area contributed by atoms with Crippen molar-refractivity contribution in [1.82, 2.24) is 9.88 Å². The van der Waals surface area contributed by atoms with Crippen LogP contribution in [0.15, 0.2) is 54.7 Å². The van der Waals surface area contributed by atoms with Crippen LogP contribution in [0.4, 0.5) is 4.39 Å². The van der Waals surface area contributed by atoms with E-state index in [1.807, 2.05) is 0 Å². The van der Waals surface area contributed by atoms with Crippen molar-refractivity contribution in [1.29, 1.82) is 0 Å². The van der Waals surface area contributed by atoms with Crippen molar-refractivity contribution in [2.24, 2.45) is 5.92 Å². The van der Waals surface area contributed by atoms with Gasteiger partial charge in [0.25, 0.3) is 0 Å². The topological polar surface area (TPSA) is 39.3 Å². The minimum Gasteiger partial charge on any atom is -0.387 e. The van der Waals surface area contributed by atoms with Crippen molar-refractivity contribution < 1.29 is 9.50 Å². The van der Waals surface area contributed by atoms with E-state index in [4.69, 9.17) is 0 Å². The van der Waals surface area contributed by atoms with Gasteiger partial charge in [-0.05, 0) is 62.0 Å². The minimum absolute atomic E-state index is 0.271. The summed E-state index contributed by atoms with van der Waals surface area (Å²) in [6, 6.07) is 15.3. The van der Waals surface area contributed by atoms with Gasteiger partial charge in [0.2, 0.25) is 0 Å². The highest BCUT2D eigenvalue weighted by Crippen LogP contribution is 2.27. The van der Waals surface area contributed by atoms with Crippen molar-refractivity contribution in [3.63, 3.8) is 0 Å². The summed E-state index contributed by atoms with van der Waals surface area (Å²) in [5, 5.41) is 11.4. The predicted octanol–water partition coefficient (Wildman–Crippen LogP) is 4.30. The molecular weight excluding hydrogens is 327 g/mol. The third kappa shape index (κ3) is 3.81. The summed E-state index contributed by atoms with van der Waals surface area (Å²) in [5.74, 6) is 0.445. The molecule has 0 aliphatic carbocycles. The lowest BCUT2D eigenvalue weighted by Crippen LogP contribution is -2.37. The molecule has 136 valence electrons. The normalized spacial score (nSPS) is 17.6. The first kappa shape index (κ1) is 17.3. The zero-order valence-corrected chi connectivity index (χ0v) is 14.9. The van der Waals surface area contributed by atoms with Gasteiger partial charge in [0.15, 0.2) is 0 Å². The van der Waals surface area contributed by atoms with E-state index in [0.717, 1.165) is 48.8 Å². The van der Waals surface area contributed by atoms with Gasteiger partial charge in [-0.25, -0.2) is 4.39 Å². The molecule has 1 fully saturated rings. The molecule has 0 saturated carbocycles. The van der Waals surface area contributed by atoms with Crippen molar-refractivity contribution >= 4 is 10.9 Å². The standard InChI is InChI=1S/C22H25FN2O/c23-18-6-7-21-19(13-18)20(14-24-21)22(26)15-25-10-8-17(9-11-25)12-16-4-2-1-3-5-16/h1-7,13-14,17,22,24,26H,8-12,15H2. The fourth-order valence-corrected chi connectivity index (χ4v) is 4.05. The van der Waals surface area contributed by atoms with Crippen LogP contribution in [-0.2, 0) is 6.42 Å². The number of rotatable bonds is 5. The van der Waals surface area contributed by atoms with Crippen LogP contribution in [0, 0.1) is 11.7 Å². The molecule has 1 aromatic heterocycles. The summed E-state index contributed by atoms with van der Waals surface area (Å²) in [6.45, 7) is 2.61. The smallest absolute Gasteiger partial charge is 0.123 e. The van der Waals surface area contributed by atoms with Crippen LogP contribution < -0.4 is 0 Å². The molecule has 3 aromatic rings. The number of likely N-dealkylation sites (tertiary alicyclic amines) is 1. The number of hydrogen-bond donors (Lipinski definition) is 2. The molecule has 2 aromatic carbocycles. The maximum atomic E-state index is 13.5. The summed E-state index contributed by atoms with van der Waals surface area (Å²) in [7, 11) is 0. The highest BCUT2D eigenvalue weighted by molar-refractivity contribution is 5.83. The van der Waals surface area contributed by atoms with E-state index in [1.54, 1.807) is 12.3 Å². The number of aromatic nitrogens is 1. The number of aliphatic hydroxyl groups is 1. The number of hydrogen-bond acceptors (Lipinski definition) is 2. The van der Waals surface area contributed by atoms with Crippen LogP contribution in [0.5, 0.6) is 0 Å². The molecule has 1 saturated heterocycles. The highest BCUT2D eigenvalue weighted by atomic mass is 19.1. The van der Waals surface area contributed by atoms with Crippen LogP contribution in [-0.4, -0.2) is 34.6 Å². The molecule has 0 spiro atoms. The molecule has 3 nitrogen and oxygen atoms in total. The molecule has 0 radical (unpaired) electrons. The highest BCUT2D eigenvalue weighted by Gasteiger charge is 2.23. The number of aliphatic hydroxyl groups excluding tert-OH is 1. The molecule has 1 unspecified atom stereocenters. The number of halogens is 1. The van der Waals surface area contributed by atoms with Crippen LogP contribution >= 0.6 is 0 Å². The lowest BCUT2D eigenvalue weighted by molar-refractivity contribution is 0.0901. The molecule has 4 heteroatoms. The third-order valence-electron chi connectivity index (χ3n) is 5.54. The molecule has 4 rings (SSSR count). The average molecular weight is 352 g/mol. The maximum absolute atomic E-state index is 13.5. The second-order valence-electron chi connectivity index (χ2n) is 7.38. The Morgan fingerprint density at radius 2 is 1.88 bits per heavy atom. The Balaban J connectivity index is 1.34. The van der Waals surface area contributed by atoms with Crippen LogP contribution in [0.2, 0.25) is 0 Å². The Kier molecular flexibility index (Phi) is 5.05. The molecule has 2 heterocycles.